The SMILES string of the molecule is CCCN1C(=O)/C(=C\c2cc3ccccc3o2)NC1=S. The standard InChI is InChI=1S/C15H14N2O2S/c1-2-7-17-14(18)12(16-15(17)20)9-11-8-10-5-3-4-6-13(10)19-11/h3-6,8-9H,2,7H2,1H3,(H,16,20)/b12-9+. The fourth-order valence-electron chi connectivity index (χ4n) is 2.21. The molecule has 0 radical (unpaired) electrons. The monoisotopic (exact) mass is 286 g/mol. The number of carbonyl (C=O) groups excluding carboxylic acids is 1. The Morgan fingerprint density at radius 3 is 2.95 bits per heavy atom. The number of thiocarbonyl (C=S) groups is 1. The lowest BCUT2D eigenvalue weighted by atomic mass is 10.2. The molecule has 1 fully saturated rings. The van der Waals surface area contributed by atoms with Crippen LogP contribution in [0.4, 0.5) is 0 Å². The molecular formula is C15H14N2O2S. The number of nitrogens with one attached hydrogen (secondary N) is 1. The second-order valence-corrected chi connectivity index (χ2v) is 5.02. The van der Waals surface area contributed by atoms with E-state index in [1.54, 1.807) is 11.0 Å². The minimum Gasteiger partial charge on any atom is -0.457 e. The molecule has 0 unspecified atom stereocenters. The minimum absolute atomic E-state index is 0.0997. The predicted octanol–water partition coefficient (Wildman–Crippen LogP) is 2.90. The van der Waals surface area contributed by atoms with E-state index in [2.05, 4.69) is 5.32 Å². The number of nitrogens with zero attached hydrogens (tertiary/aromatic N) is 1. The molecule has 20 heavy (non-hydrogen) atoms. The molecule has 1 amide bonds. The fourth-order valence-corrected chi connectivity index (χ4v) is 2.50. The molecule has 4 nitrogen and oxygen atoms in total. The van der Waals surface area contributed by atoms with Gasteiger partial charge in [-0.1, -0.05) is 25.1 Å². The van der Waals surface area contributed by atoms with Gasteiger partial charge in [-0.05, 0) is 30.8 Å². The number of amides is 1. The first kappa shape index (κ1) is 12.9. The predicted molar refractivity (Wildman–Crippen MR) is 81.9 cm³/mol. The molecule has 1 aromatic carbocycles. The number of carbonyl (C=O) groups is 1. The summed E-state index contributed by atoms with van der Waals surface area (Å²) >= 11 is 5.16. The Hall–Kier alpha value is -2.14. The van der Waals surface area contributed by atoms with Crippen LogP contribution in [0.2, 0.25) is 0 Å². The van der Waals surface area contributed by atoms with Crippen molar-refractivity contribution in [1.82, 2.24) is 10.2 Å². The van der Waals surface area contributed by atoms with Crippen molar-refractivity contribution in [1.29, 1.82) is 0 Å². The van der Waals surface area contributed by atoms with Gasteiger partial charge in [0.2, 0.25) is 0 Å². The van der Waals surface area contributed by atoms with Crippen LogP contribution in [0.1, 0.15) is 19.1 Å². The fraction of sp³-hybridized carbons (Fsp3) is 0.200. The first-order valence-electron chi connectivity index (χ1n) is 6.52. The maximum Gasteiger partial charge on any atom is 0.276 e. The molecule has 0 bridgehead atoms. The third kappa shape index (κ3) is 2.20. The van der Waals surface area contributed by atoms with Crippen LogP contribution in [-0.4, -0.2) is 22.5 Å². The summed E-state index contributed by atoms with van der Waals surface area (Å²) in [7, 11) is 0. The lowest BCUT2D eigenvalue weighted by molar-refractivity contribution is -0.122. The van der Waals surface area contributed by atoms with Crippen molar-refractivity contribution in [2.24, 2.45) is 0 Å². The summed E-state index contributed by atoms with van der Waals surface area (Å²) in [6, 6.07) is 9.64. The van der Waals surface area contributed by atoms with Crippen LogP contribution in [0.5, 0.6) is 0 Å². The zero-order valence-electron chi connectivity index (χ0n) is 11.1. The third-order valence-corrected chi connectivity index (χ3v) is 3.46. The van der Waals surface area contributed by atoms with Gasteiger partial charge in [0.15, 0.2) is 5.11 Å². The summed E-state index contributed by atoms with van der Waals surface area (Å²) in [4.78, 5) is 13.8. The Labute approximate surface area is 122 Å². The van der Waals surface area contributed by atoms with Gasteiger partial charge < -0.3 is 9.73 Å². The van der Waals surface area contributed by atoms with E-state index in [0.717, 1.165) is 17.4 Å². The summed E-state index contributed by atoms with van der Waals surface area (Å²) in [5, 5.41) is 4.41. The molecule has 1 saturated heterocycles. The van der Waals surface area contributed by atoms with Gasteiger partial charge in [-0.2, -0.15) is 0 Å². The molecule has 5 heteroatoms. The highest BCUT2D eigenvalue weighted by atomic mass is 32.1. The normalized spacial score (nSPS) is 17.2. The van der Waals surface area contributed by atoms with E-state index in [1.165, 1.54) is 0 Å². The second-order valence-electron chi connectivity index (χ2n) is 4.63. The maximum atomic E-state index is 12.2. The lowest BCUT2D eigenvalue weighted by Gasteiger charge is -2.11. The van der Waals surface area contributed by atoms with Gasteiger partial charge in [0.05, 0.1) is 0 Å². The molecule has 1 aliphatic rings. The smallest absolute Gasteiger partial charge is 0.276 e. The Morgan fingerprint density at radius 2 is 2.20 bits per heavy atom. The average molecular weight is 286 g/mol. The number of para-hydroxylation sites is 1. The van der Waals surface area contributed by atoms with E-state index in [1.807, 2.05) is 37.3 Å². The van der Waals surface area contributed by atoms with Crippen molar-refractivity contribution in [3.8, 4) is 0 Å². The molecule has 0 aliphatic carbocycles. The molecule has 0 saturated carbocycles. The maximum absolute atomic E-state index is 12.2. The van der Waals surface area contributed by atoms with Gasteiger partial charge in [0.1, 0.15) is 17.0 Å². The van der Waals surface area contributed by atoms with E-state index < -0.39 is 0 Å². The van der Waals surface area contributed by atoms with Crippen LogP contribution in [0.15, 0.2) is 40.4 Å². The Bertz CT molecular complexity index is 684. The first-order valence-corrected chi connectivity index (χ1v) is 6.93. The quantitative estimate of drug-likeness (QED) is 0.696. The third-order valence-electron chi connectivity index (χ3n) is 3.14. The van der Waals surface area contributed by atoms with Crippen LogP contribution in [-0.2, 0) is 4.79 Å². The van der Waals surface area contributed by atoms with E-state index in [-0.39, 0.29) is 5.91 Å². The van der Waals surface area contributed by atoms with Crippen LogP contribution in [0, 0.1) is 0 Å². The molecular weight excluding hydrogens is 272 g/mol. The van der Waals surface area contributed by atoms with Gasteiger partial charge in [0, 0.05) is 18.0 Å². The zero-order chi connectivity index (χ0) is 14.1. The molecule has 1 aliphatic heterocycles. The molecule has 3 rings (SSSR count). The molecule has 102 valence electrons. The molecule has 1 N–H and O–H groups in total. The van der Waals surface area contributed by atoms with Crippen LogP contribution >= 0.6 is 12.2 Å². The number of hydrogen-bond donors (Lipinski definition) is 1. The van der Waals surface area contributed by atoms with E-state index in [4.69, 9.17) is 16.6 Å². The summed E-state index contributed by atoms with van der Waals surface area (Å²) < 4.78 is 5.68. The zero-order valence-corrected chi connectivity index (χ0v) is 11.9. The van der Waals surface area contributed by atoms with Crippen molar-refractivity contribution < 1.29 is 9.21 Å². The van der Waals surface area contributed by atoms with Crippen molar-refractivity contribution in [2.45, 2.75) is 13.3 Å². The topological polar surface area (TPSA) is 45.5 Å². The van der Waals surface area contributed by atoms with E-state index in [9.17, 15) is 4.79 Å². The summed E-state index contributed by atoms with van der Waals surface area (Å²) in [5.74, 6) is 0.542. The highest BCUT2D eigenvalue weighted by Gasteiger charge is 2.29. The summed E-state index contributed by atoms with van der Waals surface area (Å²) in [6.07, 6.45) is 2.57. The van der Waals surface area contributed by atoms with Gasteiger partial charge in [-0.25, -0.2) is 0 Å². The minimum atomic E-state index is -0.0997. The van der Waals surface area contributed by atoms with Crippen LogP contribution in [0.25, 0.3) is 17.0 Å². The lowest BCUT2D eigenvalue weighted by Crippen LogP contribution is -2.31. The number of furan rings is 1. The van der Waals surface area contributed by atoms with Gasteiger partial charge in [0.25, 0.3) is 5.91 Å². The summed E-state index contributed by atoms with van der Waals surface area (Å²) in [5.41, 5.74) is 1.26. The van der Waals surface area contributed by atoms with Crippen molar-refractivity contribution >= 4 is 40.3 Å². The number of hydrogen-bond acceptors (Lipinski definition) is 3. The van der Waals surface area contributed by atoms with Crippen LogP contribution < -0.4 is 5.32 Å². The average Bonchev–Trinajstić information content (AvgIpc) is 2.95. The first-order chi connectivity index (χ1) is 9.69. The van der Waals surface area contributed by atoms with E-state index in [0.29, 0.717) is 23.1 Å². The van der Waals surface area contributed by atoms with E-state index >= 15 is 0 Å². The van der Waals surface area contributed by atoms with Crippen LogP contribution in [0.3, 0.4) is 0 Å². The van der Waals surface area contributed by atoms with Gasteiger partial charge >= 0.3 is 0 Å². The molecule has 0 atom stereocenters. The Morgan fingerprint density at radius 1 is 1.40 bits per heavy atom. The second kappa shape index (κ2) is 5.09. The highest BCUT2D eigenvalue weighted by Crippen LogP contribution is 2.22. The number of rotatable bonds is 3. The molecule has 2 aromatic rings. The van der Waals surface area contributed by atoms with Crippen molar-refractivity contribution in [3.05, 3.63) is 41.8 Å². The Balaban J connectivity index is 1.92. The molecule has 2 heterocycles. The van der Waals surface area contributed by atoms with Crippen molar-refractivity contribution in [3.63, 3.8) is 0 Å². The number of benzene rings is 1. The molecule has 0 spiro atoms. The van der Waals surface area contributed by atoms with Gasteiger partial charge in [-0.3, -0.25) is 9.69 Å². The van der Waals surface area contributed by atoms with Gasteiger partial charge in [-0.15, -0.1) is 0 Å². The number of fused-ring (bicyclic) bond motifs is 1. The Kier molecular flexibility index (Phi) is 3.28. The largest absolute Gasteiger partial charge is 0.457 e. The van der Waals surface area contributed by atoms with Crippen molar-refractivity contribution in [2.75, 3.05) is 6.54 Å². The summed E-state index contributed by atoms with van der Waals surface area (Å²) in [6.45, 7) is 2.64. The molecule has 1 aromatic heterocycles. The highest BCUT2D eigenvalue weighted by molar-refractivity contribution is 7.80.